The maximum absolute atomic E-state index is 12.4. The van der Waals surface area contributed by atoms with E-state index in [-0.39, 0.29) is 6.03 Å². The zero-order valence-electron chi connectivity index (χ0n) is 14.0. The quantitative estimate of drug-likeness (QED) is 0.811. The van der Waals surface area contributed by atoms with Gasteiger partial charge in [0, 0.05) is 19.6 Å². The minimum atomic E-state index is 0.172. The Kier molecular flexibility index (Phi) is 5.40. The first-order valence-electron chi connectivity index (χ1n) is 9.16. The SMILES string of the molecule is CCCN1CCC(CNC(=O)N2CC3CC=CCC3C2)CC1. The third-order valence-electron chi connectivity index (χ3n) is 5.70. The van der Waals surface area contributed by atoms with Gasteiger partial charge in [0.2, 0.25) is 0 Å². The van der Waals surface area contributed by atoms with E-state index in [1.807, 2.05) is 0 Å². The van der Waals surface area contributed by atoms with E-state index in [0.29, 0.717) is 17.8 Å². The van der Waals surface area contributed by atoms with Crippen molar-refractivity contribution in [3.63, 3.8) is 0 Å². The number of carbonyl (C=O) groups is 1. The first-order chi connectivity index (χ1) is 10.8. The highest BCUT2D eigenvalue weighted by atomic mass is 16.2. The van der Waals surface area contributed by atoms with Crippen molar-refractivity contribution in [1.29, 1.82) is 0 Å². The molecule has 2 atom stereocenters. The summed E-state index contributed by atoms with van der Waals surface area (Å²) < 4.78 is 0. The largest absolute Gasteiger partial charge is 0.338 e. The van der Waals surface area contributed by atoms with Gasteiger partial charge in [0.1, 0.15) is 0 Å². The zero-order chi connectivity index (χ0) is 15.4. The van der Waals surface area contributed by atoms with Crippen molar-refractivity contribution in [2.45, 2.75) is 39.0 Å². The van der Waals surface area contributed by atoms with Crippen molar-refractivity contribution in [3.05, 3.63) is 12.2 Å². The Morgan fingerprint density at radius 2 is 1.77 bits per heavy atom. The molecule has 2 amide bonds. The highest BCUT2D eigenvalue weighted by Crippen LogP contribution is 2.32. The Morgan fingerprint density at radius 1 is 1.14 bits per heavy atom. The van der Waals surface area contributed by atoms with Gasteiger partial charge < -0.3 is 15.1 Å². The first kappa shape index (κ1) is 15.9. The number of nitrogens with zero attached hydrogens (tertiary/aromatic N) is 2. The lowest BCUT2D eigenvalue weighted by molar-refractivity contribution is 0.175. The Hall–Kier alpha value is -1.03. The van der Waals surface area contributed by atoms with Crippen LogP contribution in [0.5, 0.6) is 0 Å². The molecule has 2 unspecified atom stereocenters. The molecule has 2 saturated heterocycles. The number of urea groups is 1. The molecule has 0 aromatic rings. The second-order valence-electron chi connectivity index (χ2n) is 7.34. The van der Waals surface area contributed by atoms with Crippen LogP contribution in [0.2, 0.25) is 0 Å². The second kappa shape index (κ2) is 7.49. The van der Waals surface area contributed by atoms with Gasteiger partial charge >= 0.3 is 6.03 Å². The molecule has 4 nitrogen and oxygen atoms in total. The van der Waals surface area contributed by atoms with Crippen LogP contribution in [-0.2, 0) is 0 Å². The maximum Gasteiger partial charge on any atom is 0.317 e. The summed E-state index contributed by atoms with van der Waals surface area (Å²) in [6.07, 6.45) is 10.6. The van der Waals surface area contributed by atoms with Crippen LogP contribution < -0.4 is 5.32 Å². The predicted molar refractivity (Wildman–Crippen MR) is 89.8 cm³/mol. The van der Waals surface area contributed by atoms with Crippen molar-refractivity contribution < 1.29 is 4.79 Å². The first-order valence-corrected chi connectivity index (χ1v) is 9.16. The lowest BCUT2D eigenvalue weighted by atomic mass is 9.86. The summed E-state index contributed by atoms with van der Waals surface area (Å²) in [5, 5.41) is 3.20. The fraction of sp³-hybridized carbons (Fsp3) is 0.833. The van der Waals surface area contributed by atoms with E-state index in [0.717, 1.165) is 32.5 Å². The molecule has 0 radical (unpaired) electrons. The minimum Gasteiger partial charge on any atom is -0.338 e. The number of rotatable bonds is 4. The summed E-state index contributed by atoms with van der Waals surface area (Å²) in [6.45, 7) is 8.65. The molecule has 3 aliphatic rings. The molecule has 1 N–H and O–H groups in total. The lowest BCUT2D eigenvalue weighted by Crippen LogP contribution is -2.43. The average Bonchev–Trinajstić information content (AvgIpc) is 2.98. The lowest BCUT2D eigenvalue weighted by Gasteiger charge is -2.32. The summed E-state index contributed by atoms with van der Waals surface area (Å²) in [7, 11) is 0. The van der Waals surface area contributed by atoms with Crippen molar-refractivity contribution in [1.82, 2.24) is 15.1 Å². The molecule has 0 aromatic heterocycles. The number of amides is 2. The molecule has 2 heterocycles. The summed E-state index contributed by atoms with van der Waals surface area (Å²) in [5.41, 5.74) is 0. The number of nitrogens with one attached hydrogen (secondary N) is 1. The second-order valence-corrected chi connectivity index (χ2v) is 7.34. The summed E-state index contributed by atoms with van der Waals surface area (Å²) in [6, 6.07) is 0.172. The number of hydrogen-bond acceptors (Lipinski definition) is 2. The molecule has 3 rings (SSSR count). The van der Waals surface area contributed by atoms with Gasteiger partial charge in [-0.15, -0.1) is 0 Å². The van der Waals surface area contributed by atoms with Crippen LogP contribution in [0.15, 0.2) is 12.2 Å². The highest BCUT2D eigenvalue weighted by Gasteiger charge is 2.35. The summed E-state index contributed by atoms with van der Waals surface area (Å²) in [4.78, 5) is 17.0. The molecule has 2 fully saturated rings. The molecule has 4 heteroatoms. The van der Waals surface area contributed by atoms with Gasteiger partial charge in [0.05, 0.1) is 0 Å². The molecular weight excluding hydrogens is 274 g/mol. The van der Waals surface area contributed by atoms with Crippen molar-refractivity contribution in [2.24, 2.45) is 17.8 Å². The van der Waals surface area contributed by atoms with Gasteiger partial charge in [-0.1, -0.05) is 19.1 Å². The molecule has 1 aliphatic carbocycles. The third kappa shape index (κ3) is 3.83. The predicted octanol–water partition coefficient (Wildman–Crippen LogP) is 2.72. The smallest absolute Gasteiger partial charge is 0.317 e. The molecule has 22 heavy (non-hydrogen) atoms. The van der Waals surface area contributed by atoms with Crippen molar-refractivity contribution in [3.8, 4) is 0 Å². The number of hydrogen-bond donors (Lipinski definition) is 1. The van der Waals surface area contributed by atoms with Crippen LogP contribution in [0, 0.1) is 17.8 Å². The van der Waals surface area contributed by atoms with Crippen LogP contribution in [0.25, 0.3) is 0 Å². The topological polar surface area (TPSA) is 35.6 Å². The van der Waals surface area contributed by atoms with Gasteiger partial charge in [-0.25, -0.2) is 4.79 Å². The van der Waals surface area contributed by atoms with E-state index < -0.39 is 0 Å². The van der Waals surface area contributed by atoms with Gasteiger partial charge in [-0.2, -0.15) is 0 Å². The highest BCUT2D eigenvalue weighted by molar-refractivity contribution is 5.74. The average molecular weight is 305 g/mol. The van der Waals surface area contributed by atoms with Crippen LogP contribution in [0.3, 0.4) is 0 Å². The zero-order valence-corrected chi connectivity index (χ0v) is 14.0. The van der Waals surface area contributed by atoms with E-state index in [1.54, 1.807) is 0 Å². The fourth-order valence-corrected chi connectivity index (χ4v) is 4.25. The summed E-state index contributed by atoms with van der Waals surface area (Å²) >= 11 is 0. The van der Waals surface area contributed by atoms with Gasteiger partial charge in [-0.3, -0.25) is 0 Å². The van der Waals surface area contributed by atoms with Gasteiger partial charge in [0.15, 0.2) is 0 Å². The van der Waals surface area contributed by atoms with Crippen LogP contribution in [0.4, 0.5) is 4.79 Å². The molecule has 0 bridgehead atoms. The van der Waals surface area contributed by atoms with E-state index in [1.165, 1.54) is 38.9 Å². The standard InChI is InChI=1S/C18H31N3O/c1-2-9-20-10-7-15(8-11-20)12-19-18(22)21-13-16-5-3-4-6-17(16)14-21/h3-4,15-17H,2,5-14H2,1H3,(H,19,22). The van der Waals surface area contributed by atoms with Gasteiger partial charge in [0.25, 0.3) is 0 Å². The Balaban J connectivity index is 1.37. The molecule has 124 valence electrons. The molecule has 0 saturated carbocycles. The monoisotopic (exact) mass is 305 g/mol. The van der Waals surface area contributed by atoms with Crippen molar-refractivity contribution >= 4 is 6.03 Å². The number of likely N-dealkylation sites (tertiary alicyclic amines) is 2. The van der Waals surface area contributed by atoms with Crippen LogP contribution >= 0.6 is 0 Å². The van der Waals surface area contributed by atoms with E-state index in [4.69, 9.17) is 0 Å². The van der Waals surface area contributed by atoms with E-state index in [2.05, 4.69) is 34.2 Å². The molecule has 0 spiro atoms. The van der Waals surface area contributed by atoms with Gasteiger partial charge in [-0.05, 0) is 69.5 Å². The minimum absolute atomic E-state index is 0.172. The Morgan fingerprint density at radius 3 is 2.36 bits per heavy atom. The number of piperidine rings is 1. The van der Waals surface area contributed by atoms with Crippen molar-refractivity contribution in [2.75, 3.05) is 39.3 Å². The van der Waals surface area contributed by atoms with Crippen LogP contribution in [-0.4, -0.2) is 55.1 Å². The molecule has 0 aromatic carbocycles. The third-order valence-corrected chi connectivity index (χ3v) is 5.70. The Labute approximate surface area is 134 Å². The Bertz CT molecular complexity index is 385. The van der Waals surface area contributed by atoms with Crippen LogP contribution in [0.1, 0.15) is 39.0 Å². The number of allylic oxidation sites excluding steroid dienone is 2. The number of fused-ring (bicyclic) bond motifs is 1. The summed E-state index contributed by atoms with van der Waals surface area (Å²) in [5.74, 6) is 2.07. The van der Waals surface area contributed by atoms with E-state index >= 15 is 0 Å². The normalized spacial score (nSPS) is 29.6. The van der Waals surface area contributed by atoms with E-state index in [9.17, 15) is 4.79 Å². The number of carbonyl (C=O) groups excluding carboxylic acids is 1. The molecule has 2 aliphatic heterocycles. The molecular formula is C18H31N3O. The fourth-order valence-electron chi connectivity index (χ4n) is 4.25. The maximum atomic E-state index is 12.4.